The van der Waals surface area contributed by atoms with Crippen molar-refractivity contribution in [3.63, 3.8) is 0 Å². The molecule has 4 rings (SSSR count). The van der Waals surface area contributed by atoms with E-state index >= 15 is 0 Å². The number of aromatic nitrogens is 1. The Morgan fingerprint density at radius 2 is 2.17 bits per heavy atom. The fourth-order valence-corrected chi connectivity index (χ4v) is 4.68. The molecule has 0 unspecified atom stereocenters. The lowest BCUT2D eigenvalue weighted by Gasteiger charge is -2.30. The van der Waals surface area contributed by atoms with Crippen LogP contribution in [0.1, 0.15) is 29.0 Å². The summed E-state index contributed by atoms with van der Waals surface area (Å²) in [5.41, 5.74) is 3.91. The molecule has 1 aromatic heterocycles. The highest BCUT2D eigenvalue weighted by atomic mass is 32.1. The fourth-order valence-electron chi connectivity index (χ4n) is 4.04. The average molecular weight is 428 g/mol. The number of amides is 1. The van der Waals surface area contributed by atoms with Gasteiger partial charge in [0.1, 0.15) is 5.01 Å². The summed E-state index contributed by atoms with van der Waals surface area (Å²) in [5.74, 6) is 1.05. The predicted octanol–water partition coefficient (Wildman–Crippen LogP) is 2.91. The Morgan fingerprint density at radius 3 is 2.90 bits per heavy atom. The zero-order chi connectivity index (χ0) is 20.9. The first kappa shape index (κ1) is 21.3. The summed E-state index contributed by atoms with van der Waals surface area (Å²) in [6, 6.07) is 6.48. The van der Waals surface area contributed by atoms with Crippen molar-refractivity contribution in [2.24, 2.45) is 5.92 Å². The molecule has 2 aromatic rings. The molecule has 1 aromatic carbocycles. The van der Waals surface area contributed by atoms with Crippen LogP contribution < -0.4 is 5.32 Å². The van der Waals surface area contributed by atoms with Crippen molar-refractivity contribution in [1.29, 1.82) is 0 Å². The first-order valence-corrected chi connectivity index (χ1v) is 11.8. The molecule has 1 aliphatic heterocycles. The standard InChI is InChI=1S/C23H33N5OS/c1-26(2)11-12-28(17-22-24-9-13-30-22)23(29)14-25-21-5-3-4-19-16-27(10-8-20(19)21)15-18-6-7-18/h3-5,9,13,18,25H,6-8,10-12,14-17H2,1-2H3. The molecule has 0 bridgehead atoms. The van der Waals surface area contributed by atoms with E-state index in [9.17, 15) is 4.79 Å². The second kappa shape index (κ2) is 9.90. The molecule has 1 fully saturated rings. The minimum atomic E-state index is 0.121. The highest BCUT2D eigenvalue weighted by Gasteiger charge is 2.27. The number of hydrogen-bond donors (Lipinski definition) is 1. The summed E-state index contributed by atoms with van der Waals surface area (Å²) < 4.78 is 0. The van der Waals surface area contributed by atoms with E-state index in [4.69, 9.17) is 0 Å². The van der Waals surface area contributed by atoms with E-state index in [1.54, 1.807) is 17.5 Å². The van der Waals surface area contributed by atoms with Crippen LogP contribution in [-0.2, 0) is 24.3 Å². The number of fused-ring (bicyclic) bond motifs is 1. The maximum Gasteiger partial charge on any atom is 0.242 e. The van der Waals surface area contributed by atoms with Gasteiger partial charge in [0.05, 0.1) is 13.1 Å². The van der Waals surface area contributed by atoms with Gasteiger partial charge in [-0.2, -0.15) is 0 Å². The smallest absolute Gasteiger partial charge is 0.242 e. The SMILES string of the molecule is CN(C)CCN(Cc1nccs1)C(=O)CNc1cccc2c1CCN(CC1CC1)C2. The summed E-state index contributed by atoms with van der Waals surface area (Å²) in [4.78, 5) is 24.0. The second-order valence-electron chi connectivity index (χ2n) is 8.77. The first-order chi connectivity index (χ1) is 14.6. The number of carbonyl (C=O) groups is 1. The van der Waals surface area contributed by atoms with Crippen molar-refractivity contribution < 1.29 is 4.79 Å². The zero-order valence-electron chi connectivity index (χ0n) is 18.1. The van der Waals surface area contributed by atoms with Crippen LogP contribution >= 0.6 is 11.3 Å². The van der Waals surface area contributed by atoms with Gasteiger partial charge in [0.2, 0.25) is 5.91 Å². The highest BCUT2D eigenvalue weighted by Crippen LogP contribution is 2.32. The van der Waals surface area contributed by atoms with Gasteiger partial charge in [-0.1, -0.05) is 12.1 Å². The summed E-state index contributed by atoms with van der Waals surface area (Å²) in [7, 11) is 4.07. The zero-order valence-corrected chi connectivity index (χ0v) is 19.0. The number of carbonyl (C=O) groups excluding carboxylic acids is 1. The molecule has 0 atom stereocenters. The van der Waals surface area contributed by atoms with E-state index in [-0.39, 0.29) is 5.91 Å². The maximum absolute atomic E-state index is 13.0. The van der Waals surface area contributed by atoms with Crippen LogP contribution in [-0.4, -0.2) is 72.4 Å². The van der Waals surface area contributed by atoms with Crippen LogP contribution in [0, 0.1) is 5.92 Å². The Kier molecular flexibility index (Phi) is 7.02. The van der Waals surface area contributed by atoms with Gasteiger partial charge in [-0.05, 0) is 56.5 Å². The number of nitrogens with zero attached hydrogens (tertiary/aromatic N) is 4. The lowest BCUT2D eigenvalue weighted by molar-refractivity contribution is -0.130. The van der Waals surface area contributed by atoms with E-state index in [1.165, 1.54) is 30.5 Å². The minimum Gasteiger partial charge on any atom is -0.376 e. The predicted molar refractivity (Wildman–Crippen MR) is 123 cm³/mol. The Morgan fingerprint density at radius 1 is 1.30 bits per heavy atom. The van der Waals surface area contributed by atoms with Crippen LogP contribution in [0.25, 0.3) is 0 Å². The van der Waals surface area contributed by atoms with Gasteiger partial charge in [-0.15, -0.1) is 11.3 Å². The summed E-state index contributed by atoms with van der Waals surface area (Å²) in [6.45, 7) is 5.84. The lowest BCUT2D eigenvalue weighted by Crippen LogP contribution is -2.39. The number of likely N-dealkylation sites (N-methyl/N-ethyl adjacent to an activating group) is 1. The third kappa shape index (κ3) is 5.80. The molecular formula is C23H33N5OS. The van der Waals surface area contributed by atoms with Crippen molar-refractivity contribution in [2.45, 2.75) is 32.4 Å². The molecule has 2 heterocycles. The number of benzene rings is 1. The van der Waals surface area contributed by atoms with Gasteiger partial charge in [-0.25, -0.2) is 4.98 Å². The Labute approximate surface area is 183 Å². The van der Waals surface area contributed by atoms with Crippen molar-refractivity contribution in [3.8, 4) is 0 Å². The maximum atomic E-state index is 13.0. The number of thiazole rings is 1. The quantitative estimate of drug-likeness (QED) is 0.632. The van der Waals surface area contributed by atoms with E-state index in [2.05, 4.69) is 38.3 Å². The van der Waals surface area contributed by atoms with Gasteiger partial charge in [0, 0.05) is 50.0 Å². The molecule has 0 radical (unpaired) electrons. The lowest BCUT2D eigenvalue weighted by atomic mass is 9.97. The van der Waals surface area contributed by atoms with E-state index in [0.717, 1.165) is 42.7 Å². The molecular weight excluding hydrogens is 394 g/mol. The molecule has 30 heavy (non-hydrogen) atoms. The number of nitrogens with one attached hydrogen (secondary N) is 1. The molecule has 1 aliphatic carbocycles. The highest BCUT2D eigenvalue weighted by molar-refractivity contribution is 7.09. The second-order valence-corrected chi connectivity index (χ2v) is 9.75. The van der Waals surface area contributed by atoms with Gasteiger partial charge in [0.25, 0.3) is 0 Å². The molecule has 1 saturated carbocycles. The Balaban J connectivity index is 1.37. The third-order valence-corrected chi connectivity index (χ3v) is 6.73. The van der Waals surface area contributed by atoms with Gasteiger partial charge >= 0.3 is 0 Å². The molecule has 162 valence electrons. The Bertz CT molecular complexity index is 834. The minimum absolute atomic E-state index is 0.121. The molecule has 6 nitrogen and oxygen atoms in total. The van der Waals surface area contributed by atoms with E-state index in [0.29, 0.717) is 19.6 Å². The summed E-state index contributed by atoms with van der Waals surface area (Å²) in [6.07, 6.45) is 5.66. The van der Waals surface area contributed by atoms with E-state index < -0.39 is 0 Å². The molecule has 1 N–H and O–H groups in total. The van der Waals surface area contributed by atoms with Crippen LogP contribution in [0.5, 0.6) is 0 Å². The largest absolute Gasteiger partial charge is 0.376 e. The fraction of sp³-hybridized carbons (Fsp3) is 0.565. The number of rotatable bonds is 10. The van der Waals surface area contributed by atoms with Crippen molar-refractivity contribution in [1.82, 2.24) is 19.7 Å². The monoisotopic (exact) mass is 427 g/mol. The average Bonchev–Trinajstić information content (AvgIpc) is 3.40. The van der Waals surface area contributed by atoms with Crippen molar-refractivity contribution in [2.75, 3.05) is 52.1 Å². The molecule has 2 aliphatic rings. The van der Waals surface area contributed by atoms with Crippen LogP contribution in [0.2, 0.25) is 0 Å². The third-order valence-electron chi connectivity index (χ3n) is 5.97. The number of anilines is 1. The van der Waals surface area contributed by atoms with Crippen molar-refractivity contribution >= 4 is 22.9 Å². The molecule has 1 amide bonds. The van der Waals surface area contributed by atoms with Gasteiger partial charge in [-0.3, -0.25) is 9.69 Å². The van der Waals surface area contributed by atoms with Crippen LogP contribution in [0.3, 0.4) is 0 Å². The molecule has 7 heteroatoms. The summed E-state index contributed by atoms with van der Waals surface area (Å²) >= 11 is 1.60. The molecule has 0 saturated heterocycles. The normalized spacial score (nSPS) is 16.5. The summed E-state index contributed by atoms with van der Waals surface area (Å²) in [5, 5.41) is 6.39. The molecule has 0 spiro atoms. The first-order valence-electron chi connectivity index (χ1n) is 11.0. The van der Waals surface area contributed by atoms with Gasteiger partial charge < -0.3 is 15.1 Å². The van der Waals surface area contributed by atoms with Crippen molar-refractivity contribution in [3.05, 3.63) is 45.9 Å². The Hall–Kier alpha value is -1.96. The van der Waals surface area contributed by atoms with Crippen LogP contribution in [0.4, 0.5) is 5.69 Å². The topological polar surface area (TPSA) is 51.7 Å². The van der Waals surface area contributed by atoms with E-state index in [1.807, 2.05) is 24.4 Å². The number of hydrogen-bond acceptors (Lipinski definition) is 6. The van der Waals surface area contributed by atoms with Gasteiger partial charge in [0.15, 0.2) is 0 Å². The van der Waals surface area contributed by atoms with Crippen LogP contribution in [0.15, 0.2) is 29.8 Å².